The first-order chi connectivity index (χ1) is 14.4. The van der Waals surface area contributed by atoms with E-state index in [1.807, 2.05) is 4.90 Å². The van der Waals surface area contributed by atoms with E-state index in [1.54, 1.807) is 24.3 Å². The summed E-state index contributed by atoms with van der Waals surface area (Å²) < 4.78 is 33.0. The average Bonchev–Trinajstić information content (AvgIpc) is 3.09. The van der Waals surface area contributed by atoms with Gasteiger partial charge in [-0.05, 0) is 42.5 Å². The molecule has 1 aliphatic heterocycles. The number of aromatic amines is 2. The molecule has 1 aliphatic rings. The lowest BCUT2D eigenvalue weighted by molar-refractivity contribution is -0.118. The molecule has 1 saturated heterocycles. The number of fused-ring (bicyclic) bond motifs is 1. The zero-order valence-electron chi connectivity index (χ0n) is 16.0. The quantitative estimate of drug-likeness (QED) is 0.458. The molecule has 4 N–H and O–H groups in total. The van der Waals surface area contributed by atoms with Crippen LogP contribution in [0, 0.1) is 0 Å². The van der Waals surface area contributed by atoms with E-state index < -0.39 is 15.7 Å². The molecule has 158 valence electrons. The number of sulfonamides is 1. The van der Waals surface area contributed by atoms with Gasteiger partial charge in [-0.15, -0.1) is 0 Å². The second-order valence-electron chi connectivity index (χ2n) is 6.91. The zero-order valence-corrected chi connectivity index (χ0v) is 16.8. The first-order valence-electron chi connectivity index (χ1n) is 9.34. The predicted octanol–water partition coefficient (Wildman–Crippen LogP) is 0.928. The number of hydrogen-bond acceptors (Lipinski definition) is 6. The van der Waals surface area contributed by atoms with Crippen molar-refractivity contribution in [1.82, 2.24) is 14.9 Å². The van der Waals surface area contributed by atoms with Crippen molar-refractivity contribution < 1.29 is 17.9 Å². The van der Waals surface area contributed by atoms with E-state index in [0.717, 1.165) is 13.1 Å². The number of nitrogens with one attached hydrogen (secondary N) is 4. The average molecular weight is 431 g/mol. The van der Waals surface area contributed by atoms with Gasteiger partial charge in [-0.1, -0.05) is 0 Å². The Bertz CT molecular complexity index is 1210. The third-order valence-corrected chi connectivity index (χ3v) is 6.07. The van der Waals surface area contributed by atoms with Gasteiger partial charge < -0.3 is 20.0 Å². The van der Waals surface area contributed by atoms with Crippen molar-refractivity contribution in [1.29, 1.82) is 0 Å². The maximum atomic E-state index is 12.6. The second-order valence-corrected chi connectivity index (χ2v) is 8.59. The Labute approximate surface area is 172 Å². The fourth-order valence-corrected chi connectivity index (χ4v) is 4.26. The minimum Gasteiger partial charge on any atom is -0.379 e. The molecule has 3 aromatic rings. The second kappa shape index (κ2) is 8.30. The highest BCUT2D eigenvalue weighted by molar-refractivity contribution is 7.92. The van der Waals surface area contributed by atoms with E-state index in [2.05, 4.69) is 20.0 Å². The van der Waals surface area contributed by atoms with E-state index >= 15 is 0 Å². The monoisotopic (exact) mass is 431 g/mol. The Morgan fingerprint density at radius 3 is 2.40 bits per heavy atom. The van der Waals surface area contributed by atoms with Gasteiger partial charge >= 0.3 is 5.69 Å². The van der Waals surface area contributed by atoms with Crippen LogP contribution < -0.4 is 15.7 Å². The number of nitrogens with zero attached hydrogens (tertiary/aromatic N) is 1. The van der Waals surface area contributed by atoms with E-state index in [4.69, 9.17) is 4.74 Å². The Kier molecular flexibility index (Phi) is 5.57. The fraction of sp³-hybridized carbons (Fsp3) is 0.263. The number of amides is 1. The molecule has 0 unspecified atom stereocenters. The minimum atomic E-state index is -3.84. The molecule has 0 radical (unpaired) electrons. The van der Waals surface area contributed by atoms with Crippen LogP contribution in [0.3, 0.4) is 0 Å². The molecule has 0 aliphatic carbocycles. The van der Waals surface area contributed by atoms with Crippen LogP contribution in [0.15, 0.2) is 52.2 Å². The number of carbonyl (C=O) groups excluding carboxylic acids is 1. The summed E-state index contributed by atoms with van der Waals surface area (Å²) in [6.07, 6.45) is 0. The highest BCUT2D eigenvalue weighted by Crippen LogP contribution is 2.20. The Hall–Kier alpha value is -3.15. The lowest BCUT2D eigenvalue weighted by Gasteiger charge is -2.25. The largest absolute Gasteiger partial charge is 0.379 e. The molecule has 0 atom stereocenters. The lowest BCUT2D eigenvalue weighted by atomic mass is 10.3. The van der Waals surface area contributed by atoms with Gasteiger partial charge in [-0.25, -0.2) is 13.2 Å². The van der Waals surface area contributed by atoms with Crippen molar-refractivity contribution in [2.24, 2.45) is 0 Å². The predicted molar refractivity (Wildman–Crippen MR) is 112 cm³/mol. The summed E-state index contributed by atoms with van der Waals surface area (Å²) in [7, 11) is -3.84. The van der Waals surface area contributed by atoms with Gasteiger partial charge in [0, 0.05) is 24.5 Å². The molecule has 0 spiro atoms. The third-order valence-electron chi connectivity index (χ3n) is 4.69. The van der Waals surface area contributed by atoms with Crippen LogP contribution in [0.5, 0.6) is 0 Å². The number of rotatable bonds is 6. The molecule has 2 heterocycles. The van der Waals surface area contributed by atoms with E-state index in [9.17, 15) is 18.0 Å². The number of imidazole rings is 1. The molecule has 1 aromatic heterocycles. The van der Waals surface area contributed by atoms with Gasteiger partial charge in [-0.2, -0.15) is 0 Å². The van der Waals surface area contributed by atoms with Crippen molar-refractivity contribution in [3.63, 3.8) is 0 Å². The van der Waals surface area contributed by atoms with E-state index in [1.165, 1.54) is 18.2 Å². The van der Waals surface area contributed by atoms with Crippen molar-refractivity contribution in [3.05, 3.63) is 52.9 Å². The van der Waals surface area contributed by atoms with Crippen LogP contribution in [0.4, 0.5) is 11.4 Å². The van der Waals surface area contributed by atoms with Gasteiger partial charge in [0.25, 0.3) is 10.0 Å². The molecular weight excluding hydrogens is 410 g/mol. The summed E-state index contributed by atoms with van der Waals surface area (Å²) in [5, 5.41) is 2.80. The third kappa shape index (κ3) is 4.70. The van der Waals surface area contributed by atoms with Crippen LogP contribution in [0.2, 0.25) is 0 Å². The molecule has 30 heavy (non-hydrogen) atoms. The maximum Gasteiger partial charge on any atom is 0.323 e. The number of morpholine rings is 1. The highest BCUT2D eigenvalue weighted by Gasteiger charge is 2.16. The van der Waals surface area contributed by atoms with Crippen molar-refractivity contribution in [2.75, 3.05) is 42.9 Å². The first kappa shape index (κ1) is 20.1. The summed E-state index contributed by atoms with van der Waals surface area (Å²) in [6, 6.07) is 10.7. The standard InChI is InChI=1S/C19H21N5O5S/c25-18(12-24-7-9-29-10-8-24)20-13-1-3-14(4-2-13)23-30(27,28)15-5-6-16-17(11-15)22-19(26)21-16/h1-6,11,23H,7-10,12H2,(H,20,25)(H2,21,22,26). The Morgan fingerprint density at radius 1 is 1.00 bits per heavy atom. The van der Waals surface area contributed by atoms with Crippen molar-refractivity contribution >= 4 is 38.3 Å². The normalized spacial score (nSPS) is 15.2. The first-order valence-corrected chi connectivity index (χ1v) is 10.8. The van der Waals surface area contributed by atoms with Crippen LogP contribution in [0.1, 0.15) is 0 Å². The van der Waals surface area contributed by atoms with Gasteiger partial charge in [0.05, 0.1) is 35.7 Å². The number of anilines is 2. The van der Waals surface area contributed by atoms with E-state index in [-0.39, 0.29) is 17.3 Å². The van der Waals surface area contributed by atoms with E-state index in [0.29, 0.717) is 35.6 Å². The highest BCUT2D eigenvalue weighted by atomic mass is 32.2. The summed E-state index contributed by atoms with van der Waals surface area (Å²) >= 11 is 0. The molecular formula is C19H21N5O5S. The SMILES string of the molecule is O=C(CN1CCOCC1)Nc1ccc(NS(=O)(=O)c2ccc3[nH]c(=O)[nH]c3c2)cc1. The topological polar surface area (TPSA) is 136 Å². The fourth-order valence-electron chi connectivity index (χ4n) is 3.18. The van der Waals surface area contributed by atoms with Crippen LogP contribution >= 0.6 is 0 Å². The number of carbonyl (C=O) groups is 1. The summed E-state index contributed by atoms with van der Waals surface area (Å²) in [5.74, 6) is -0.140. The molecule has 4 rings (SSSR count). The van der Waals surface area contributed by atoms with Crippen molar-refractivity contribution in [3.8, 4) is 0 Å². The molecule has 0 bridgehead atoms. The number of aromatic nitrogens is 2. The van der Waals surface area contributed by atoms with Gasteiger partial charge in [0.2, 0.25) is 5.91 Å². The maximum absolute atomic E-state index is 12.6. The molecule has 1 amide bonds. The van der Waals surface area contributed by atoms with Gasteiger partial charge in [-0.3, -0.25) is 14.4 Å². The zero-order chi connectivity index (χ0) is 21.1. The summed E-state index contributed by atoms with van der Waals surface area (Å²) in [5.41, 5.74) is 1.45. The van der Waals surface area contributed by atoms with Crippen LogP contribution in [0.25, 0.3) is 11.0 Å². The minimum absolute atomic E-state index is 0.0214. The molecule has 11 heteroatoms. The number of hydrogen-bond donors (Lipinski definition) is 4. The Balaban J connectivity index is 1.40. The van der Waals surface area contributed by atoms with Crippen LogP contribution in [-0.2, 0) is 19.6 Å². The van der Waals surface area contributed by atoms with Gasteiger partial charge in [0.1, 0.15) is 0 Å². The van der Waals surface area contributed by atoms with Crippen LogP contribution in [-0.4, -0.2) is 62.0 Å². The summed E-state index contributed by atoms with van der Waals surface area (Å²) in [6.45, 7) is 2.96. The number of ether oxygens (including phenoxy) is 1. The van der Waals surface area contributed by atoms with Gasteiger partial charge in [0.15, 0.2) is 0 Å². The molecule has 2 aromatic carbocycles. The molecule has 10 nitrogen and oxygen atoms in total. The lowest BCUT2D eigenvalue weighted by Crippen LogP contribution is -2.41. The Morgan fingerprint density at radius 2 is 1.67 bits per heavy atom. The molecule has 1 fully saturated rings. The van der Waals surface area contributed by atoms with Crippen molar-refractivity contribution in [2.45, 2.75) is 4.90 Å². The number of H-pyrrole nitrogens is 2. The molecule has 0 saturated carbocycles. The smallest absolute Gasteiger partial charge is 0.323 e. The number of benzene rings is 2. The summed E-state index contributed by atoms with van der Waals surface area (Å²) in [4.78, 5) is 30.6.